The van der Waals surface area contributed by atoms with Crippen LogP contribution in [0.2, 0.25) is 0 Å². The molecule has 2 rings (SSSR count). The summed E-state index contributed by atoms with van der Waals surface area (Å²) in [5.41, 5.74) is 0. The average molecular weight is 397 g/mol. The summed E-state index contributed by atoms with van der Waals surface area (Å²) in [5.74, 6) is 0.0917. The zero-order chi connectivity index (χ0) is 20.2. The van der Waals surface area contributed by atoms with Crippen molar-refractivity contribution in [2.45, 2.75) is 31.7 Å². The molecule has 8 nitrogen and oxygen atoms in total. The molecule has 1 fully saturated rings. The molecule has 1 aliphatic rings. The minimum absolute atomic E-state index is 0.0533. The first-order valence-electron chi connectivity index (χ1n) is 8.87. The number of sulfonamides is 1. The second-order valence-electron chi connectivity index (χ2n) is 6.83. The number of nitrogens with one attached hydrogen (secondary N) is 1. The van der Waals surface area contributed by atoms with E-state index in [4.69, 9.17) is 4.74 Å². The molecule has 1 heterocycles. The Morgan fingerprint density at radius 1 is 1.07 bits per heavy atom. The highest BCUT2D eigenvalue weighted by atomic mass is 32.2. The van der Waals surface area contributed by atoms with Gasteiger partial charge in [-0.1, -0.05) is 13.8 Å². The Kier molecular flexibility index (Phi) is 6.83. The lowest BCUT2D eigenvalue weighted by atomic mass is 10.0. The number of ether oxygens (including phenoxy) is 1. The zero-order valence-electron chi connectivity index (χ0n) is 16.1. The maximum atomic E-state index is 12.8. The van der Waals surface area contributed by atoms with E-state index in [1.54, 1.807) is 17.0 Å². The van der Waals surface area contributed by atoms with Crippen molar-refractivity contribution >= 4 is 21.8 Å². The van der Waals surface area contributed by atoms with Crippen molar-refractivity contribution in [1.29, 1.82) is 0 Å². The minimum Gasteiger partial charge on any atom is -0.497 e. The summed E-state index contributed by atoms with van der Waals surface area (Å²) in [5, 5.41) is 2.68. The maximum absolute atomic E-state index is 12.8. The number of methoxy groups -OCH3 is 1. The molecule has 0 saturated carbocycles. The Morgan fingerprint density at radius 3 is 2.07 bits per heavy atom. The van der Waals surface area contributed by atoms with Crippen LogP contribution in [-0.2, 0) is 19.6 Å². The fourth-order valence-electron chi connectivity index (χ4n) is 2.97. The highest BCUT2D eigenvalue weighted by molar-refractivity contribution is 7.89. The van der Waals surface area contributed by atoms with Crippen LogP contribution >= 0.6 is 0 Å². The number of amides is 2. The molecule has 1 aromatic rings. The summed E-state index contributed by atoms with van der Waals surface area (Å²) in [6.45, 7) is 6.11. The summed E-state index contributed by atoms with van der Waals surface area (Å²) >= 11 is 0. The summed E-state index contributed by atoms with van der Waals surface area (Å²) in [4.78, 5) is 25.9. The van der Waals surface area contributed by atoms with E-state index in [1.807, 2.05) is 13.8 Å². The predicted octanol–water partition coefficient (Wildman–Crippen LogP) is 0.689. The van der Waals surface area contributed by atoms with Crippen molar-refractivity contribution in [3.8, 4) is 5.75 Å². The molecular formula is C18H27N3O5S. The molecule has 27 heavy (non-hydrogen) atoms. The van der Waals surface area contributed by atoms with Crippen LogP contribution in [0.4, 0.5) is 0 Å². The van der Waals surface area contributed by atoms with Crippen LogP contribution in [0, 0.1) is 5.92 Å². The average Bonchev–Trinajstić information content (AvgIpc) is 2.65. The molecule has 0 aliphatic carbocycles. The van der Waals surface area contributed by atoms with E-state index < -0.39 is 16.1 Å². The molecule has 1 aliphatic heterocycles. The van der Waals surface area contributed by atoms with Crippen LogP contribution in [0.15, 0.2) is 29.2 Å². The number of nitrogens with zero attached hydrogens (tertiary/aromatic N) is 2. The number of rotatable bonds is 6. The first-order valence-corrected chi connectivity index (χ1v) is 10.3. The summed E-state index contributed by atoms with van der Waals surface area (Å²) < 4.78 is 32.0. The number of benzene rings is 1. The number of hydrogen-bond acceptors (Lipinski definition) is 5. The van der Waals surface area contributed by atoms with Crippen LogP contribution in [0.5, 0.6) is 5.75 Å². The van der Waals surface area contributed by atoms with E-state index >= 15 is 0 Å². The van der Waals surface area contributed by atoms with E-state index in [0.717, 1.165) is 0 Å². The lowest BCUT2D eigenvalue weighted by Gasteiger charge is -2.36. The van der Waals surface area contributed by atoms with Crippen molar-refractivity contribution in [1.82, 2.24) is 14.5 Å². The first-order chi connectivity index (χ1) is 12.7. The lowest BCUT2D eigenvalue weighted by molar-refractivity contribution is -0.138. The summed E-state index contributed by atoms with van der Waals surface area (Å²) in [6.07, 6.45) is 0. The van der Waals surface area contributed by atoms with E-state index in [9.17, 15) is 18.0 Å². The van der Waals surface area contributed by atoms with Gasteiger partial charge in [-0.15, -0.1) is 0 Å². The third-order valence-electron chi connectivity index (χ3n) is 4.54. The molecule has 0 radical (unpaired) electrons. The van der Waals surface area contributed by atoms with E-state index in [2.05, 4.69) is 5.32 Å². The van der Waals surface area contributed by atoms with Crippen molar-refractivity contribution in [2.75, 3.05) is 33.3 Å². The van der Waals surface area contributed by atoms with Crippen molar-refractivity contribution in [3.05, 3.63) is 24.3 Å². The molecule has 1 N–H and O–H groups in total. The Hall–Kier alpha value is -2.13. The highest BCUT2D eigenvalue weighted by Gasteiger charge is 2.33. The van der Waals surface area contributed by atoms with Crippen molar-refractivity contribution in [2.24, 2.45) is 5.92 Å². The smallest absolute Gasteiger partial charge is 0.245 e. The molecule has 0 bridgehead atoms. The Labute approximate surface area is 160 Å². The molecule has 150 valence electrons. The second-order valence-corrected chi connectivity index (χ2v) is 8.77. The molecule has 1 unspecified atom stereocenters. The standard InChI is InChI=1S/C18H27N3O5S/c1-13(2)17(19-14(3)22)18(23)20-9-11-21(12-10-20)27(24,25)16-7-5-15(26-4)6-8-16/h5-8,13,17H,9-12H2,1-4H3,(H,19,22). The fraction of sp³-hybridized carbons (Fsp3) is 0.556. The van der Waals surface area contributed by atoms with E-state index in [0.29, 0.717) is 5.75 Å². The van der Waals surface area contributed by atoms with Gasteiger partial charge in [0.2, 0.25) is 21.8 Å². The monoisotopic (exact) mass is 397 g/mol. The Bertz CT molecular complexity index is 769. The topological polar surface area (TPSA) is 96.0 Å². The zero-order valence-corrected chi connectivity index (χ0v) is 17.0. The fourth-order valence-corrected chi connectivity index (χ4v) is 4.40. The van der Waals surface area contributed by atoms with Crippen LogP contribution in [-0.4, -0.2) is 68.8 Å². The third-order valence-corrected chi connectivity index (χ3v) is 6.45. The number of carbonyl (C=O) groups excluding carboxylic acids is 2. The SMILES string of the molecule is COc1ccc(S(=O)(=O)N2CCN(C(=O)C(NC(C)=O)C(C)C)CC2)cc1. The largest absolute Gasteiger partial charge is 0.497 e. The quantitative estimate of drug-likeness (QED) is 0.762. The highest BCUT2D eigenvalue weighted by Crippen LogP contribution is 2.21. The molecule has 2 amide bonds. The van der Waals surface area contributed by atoms with Gasteiger partial charge in [-0.05, 0) is 30.2 Å². The van der Waals surface area contributed by atoms with Gasteiger partial charge in [0.05, 0.1) is 12.0 Å². The van der Waals surface area contributed by atoms with Crippen molar-refractivity contribution in [3.63, 3.8) is 0 Å². The van der Waals surface area contributed by atoms with Gasteiger partial charge in [0.15, 0.2) is 0 Å². The molecule has 9 heteroatoms. The van der Waals surface area contributed by atoms with E-state index in [-0.39, 0.29) is 48.8 Å². The van der Waals surface area contributed by atoms with Gasteiger partial charge in [0.1, 0.15) is 11.8 Å². The van der Waals surface area contributed by atoms with Crippen LogP contribution in [0.25, 0.3) is 0 Å². The Balaban J connectivity index is 2.04. The molecule has 0 aromatic heterocycles. The van der Waals surface area contributed by atoms with Gasteiger partial charge in [0.25, 0.3) is 0 Å². The van der Waals surface area contributed by atoms with Crippen LogP contribution in [0.3, 0.4) is 0 Å². The van der Waals surface area contributed by atoms with Gasteiger partial charge in [0, 0.05) is 33.1 Å². The maximum Gasteiger partial charge on any atom is 0.245 e. The molecule has 0 spiro atoms. The lowest BCUT2D eigenvalue weighted by Crippen LogP contribution is -2.56. The molecule has 1 saturated heterocycles. The number of hydrogen-bond donors (Lipinski definition) is 1. The summed E-state index contributed by atoms with van der Waals surface area (Å²) in [6, 6.07) is 5.63. The van der Waals surface area contributed by atoms with Gasteiger partial charge in [-0.25, -0.2) is 8.42 Å². The van der Waals surface area contributed by atoms with Gasteiger partial charge in [-0.3, -0.25) is 9.59 Å². The minimum atomic E-state index is -3.62. The van der Waals surface area contributed by atoms with Crippen molar-refractivity contribution < 1.29 is 22.7 Å². The number of piperazine rings is 1. The predicted molar refractivity (Wildman–Crippen MR) is 101 cm³/mol. The third kappa shape index (κ3) is 4.98. The molecule has 1 aromatic carbocycles. The summed E-state index contributed by atoms with van der Waals surface area (Å²) in [7, 11) is -2.10. The van der Waals surface area contributed by atoms with Gasteiger partial charge < -0.3 is 15.0 Å². The Morgan fingerprint density at radius 2 is 1.63 bits per heavy atom. The normalized spacial score (nSPS) is 16.9. The number of carbonyl (C=O) groups is 2. The van der Waals surface area contributed by atoms with Gasteiger partial charge >= 0.3 is 0 Å². The molecular weight excluding hydrogens is 370 g/mol. The van der Waals surface area contributed by atoms with E-state index in [1.165, 1.54) is 30.5 Å². The second kappa shape index (κ2) is 8.71. The van der Waals surface area contributed by atoms with Crippen LogP contribution in [0.1, 0.15) is 20.8 Å². The first kappa shape index (κ1) is 21.2. The van der Waals surface area contributed by atoms with Gasteiger partial charge in [-0.2, -0.15) is 4.31 Å². The molecule has 1 atom stereocenters. The van der Waals surface area contributed by atoms with Crippen LogP contribution < -0.4 is 10.1 Å².